The number of hydrogen-bond donors (Lipinski definition) is 2. The first-order valence-corrected chi connectivity index (χ1v) is 10.8. The number of likely N-dealkylation sites (tertiary alicyclic amines) is 1. The molecular weight excluding hydrogens is 358 g/mol. The Balaban J connectivity index is 1.71. The van der Waals surface area contributed by atoms with Crippen LogP contribution >= 0.6 is 11.8 Å². The van der Waals surface area contributed by atoms with Gasteiger partial charge in [-0.2, -0.15) is 11.8 Å². The normalized spacial score (nSPS) is 16.7. The molecular formula is C21H29N3O2S. The number of hydrogen-bond acceptors (Lipinski definition) is 3. The van der Waals surface area contributed by atoms with Crippen LogP contribution in [-0.4, -0.2) is 51.8 Å². The zero-order valence-corrected chi connectivity index (χ0v) is 17.1. The van der Waals surface area contributed by atoms with Crippen molar-refractivity contribution in [2.24, 2.45) is 5.92 Å². The third kappa shape index (κ3) is 5.06. The summed E-state index contributed by atoms with van der Waals surface area (Å²) in [4.78, 5) is 30.9. The molecule has 0 spiro atoms. The van der Waals surface area contributed by atoms with Crippen LogP contribution < -0.4 is 5.32 Å². The van der Waals surface area contributed by atoms with Gasteiger partial charge in [0.05, 0.1) is 0 Å². The topological polar surface area (TPSA) is 65.2 Å². The molecule has 2 aromatic rings. The molecule has 1 aromatic carbocycles. The second-order valence-corrected chi connectivity index (χ2v) is 9.31. The summed E-state index contributed by atoms with van der Waals surface area (Å²) < 4.78 is 0. The molecule has 0 radical (unpaired) electrons. The minimum atomic E-state index is -0.488. The summed E-state index contributed by atoms with van der Waals surface area (Å²) in [5, 5.41) is 4.47. The lowest BCUT2D eigenvalue weighted by molar-refractivity contribution is -0.134. The van der Waals surface area contributed by atoms with Crippen molar-refractivity contribution in [1.82, 2.24) is 15.2 Å². The van der Waals surface area contributed by atoms with Crippen molar-refractivity contribution in [2.75, 3.05) is 18.8 Å². The SMILES string of the molecule is CC1CCN(C(=O)[C@@H](CSC(C)C)NC(=O)c2ccc3cc[nH]c3c2)CC1. The predicted octanol–water partition coefficient (Wildman–Crippen LogP) is 3.67. The summed E-state index contributed by atoms with van der Waals surface area (Å²) in [6.45, 7) is 8.01. The number of thioether (sulfide) groups is 1. The number of amides is 2. The lowest BCUT2D eigenvalue weighted by atomic mass is 9.99. The second-order valence-electron chi connectivity index (χ2n) is 7.70. The number of piperidine rings is 1. The van der Waals surface area contributed by atoms with Gasteiger partial charge in [0, 0.05) is 36.1 Å². The number of rotatable bonds is 6. The van der Waals surface area contributed by atoms with E-state index in [0.29, 0.717) is 22.5 Å². The zero-order valence-electron chi connectivity index (χ0n) is 16.3. The van der Waals surface area contributed by atoms with Gasteiger partial charge in [0.2, 0.25) is 5.91 Å². The molecule has 27 heavy (non-hydrogen) atoms. The van der Waals surface area contributed by atoms with Gasteiger partial charge < -0.3 is 15.2 Å². The fraction of sp³-hybridized carbons (Fsp3) is 0.524. The summed E-state index contributed by atoms with van der Waals surface area (Å²) in [6.07, 6.45) is 3.93. The van der Waals surface area contributed by atoms with Crippen molar-refractivity contribution in [1.29, 1.82) is 0 Å². The highest BCUT2D eigenvalue weighted by atomic mass is 32.2. The lowest BCUT2D eigenvalue weighted by Gasteiger charge is -2.33. The quantitative estimate of drug-likeness (QED) is 0.795. The summed E-state index contributed by atoms with van der Waals surface area (Å²) in [6, 6.07) is 7.06. The number of H-pyrrole nitrogens is 1. The highest BCUT2D eigenvalue weighted by Crippen LogP contribution is 2.19. The van der Waals surface area contributed by atoms with E-state index in [1.807, 2.05) is 35.4 Å². The third-order valence-corrected chi connectivity index (χ3v) is 6.30. The Kier molecular flexibility index (Phi) is 6.47. The summed E-state index contributed by atoms with van der Waals surface area (Å²) >= 11 is 1.70. The van der Waals surface area contributed by atoms with Crippen molar-refractivity contribution in [3.63, 3.8) is 0 Å². The van der Waals surface area contributed by atoms with E-state index in [1.165, 1.54) is 0 Å². The highest BCUT2D eigenvalue weighted by Gasteiger charge is 2.29. The molecule has 5 nitrogen and oxygen atoms in total. The molecule has 3 rings (SSSR count). The van der Waals surface area contributed by atoms with Crippen LogP contribution in [0.2, 0.25) is 0 Å². The molecule has 0 aliphatic carbocycles. The number of carbonyl (C=O) groups excluding carboxylic acids is 2. The lowest BCUT2D eigenvalue weighted by Crippen LogP contribution is -2.52. The minimum Gasteiger partial charge on any atom is -0.361 e. The molecule has 1 aliphatic rings. The van der Waals surface area contributed by atoms with E-state index in [1.54, 1.807) is 11.8 Å². The van der Waals surface area contributed by atoms with E-state index >= 15 is 0 Å². The number of nitrogens with zero attached hydrogens (tertiary/aromatic N) is 1. The van der Waals surface area contributed by atoms with E-state index in [0.717, 1.165) is 36.8 Å². The molecule has 1 fully saturated rings. The van der Waals surface area contributed by atoms with Gasteiger partial charge in [0.25, 0.3) is 5.91 Å². The molecule has 6 heteroatoms. The van der Waals surface area contributed by atoms with Crippen LogP contribution in [-0.2, 0) is 4.79 Å². The van der Waals surface area contributed by atoms with Crippen molar-refractivity contribution in [3.05, 3.63) is 36.0 Å². The van der Waals surface area contributed by atoms with Crippen LogP contribution in [0, 0.1) is 5.92 Å². The molecule has 0 unspecified atom stereocenters. The Labute approximate surface area is 165 Å². The molecule has 2 amide bonds. The van der Waals surface area contributed by atoms with Gasteiger partial charge in [-0.3, -0.25) is 9.59 Å². The molecule has 1 aliphatic heterocycles. The van der Waals surface area contributed by atoms with Crippen molar-refractivity contribution in [3.8, 4) is 0 Å². The van der Waals surface area contributed by atoms with Gasteiger partial charge in [-0.1, -0.05) is 26.8 Å². The highest BCUT2D eigenvalue weighted by molar-refractivity contribution is 7.99. The maximum absolute atomic E-state index is 13.0. The molecule has 1 saturated heterocycles. The maximum atomic E-state index is 13.0. The molecule has 2 heterocycles. The van der Waals surface area contributed by atoms with Crippen molar-refractivity contribution >= 4 is 34.5 Å². The Morgan fingerprint density at radius 3 is 2.70 bits per heavy atom. The summed E-state index contributed by atoms with van der Waals surface area (Å²) in [7, 11) is 0. The van der Waals surface area contributed by atoms with Gasteiger partial charge in [0.15, 0.2) is 0 Å². The number of aromatic nitrogens is 1. The Hall–Kier alpha value is -1.95. The average Bonchev–Trinajstić information content (AvgIpc) is 3.12. The van der Waals surface area contributed by atoms with Gasteiger partial charge in [-0.25, -0.2) is 0 Å². The maximum Gasteiger partial charge on any atom is 0.252 e. The minimum absolute atomic E-state index is 0.0457. The van der Waals surface area contributed by atoms with Gasteiger partial charge in [0.1, 0.15) is 6.04 Å². The zero-order chi connectivity index (χ0) is 19.4. The number of aromatic amines is 1. The van der Waals surface area contributed by atoms with Gasteiger partial charge >= 0.3 is 0 Å². The molecule has 0 bridgehead atoms. The molecule has 0 saturated carbocycles. The third-order valence-electron chi connectivity index (χ3n) is 5.11. The van der Waals surface area contributed by atoms with E-state index in [-0.39, 0.29) is 11.8 Å². The number of benzene rings is 1. The second kappa shape index (κ2) is 8.83. The van der Waals surface area contributed by atoms with E-state index in [4.69, 9.17) is 0 Å². The van der Waals surface area contributed by atoms with Gasteiger partial charge in [-0.05, 0) is 47.6 Å². The standard InChI is InChI=1S/C21H29N3O2S/c1-14(2)27-13-19(21(26)24-10-7-15(3)8-11-24)23-20(25)17-5-4-16-6-9-22-18(16)12-17/h4-6,9,12,14-15,19,22H,7-8,10-11,13H2,1-3H3,(H,23,25)/t19-/m1/s1. The van der Waals surface area contributed by atoms with E-state index < -0.39 is 6.04 Å². The Morgan fingerprint density at radius 2 is 2.00 bits per heavy atom. The fourth-order valence-electron chi connectivity index (χ4n) is 3.34. The van der Waals surface area contributed by atoms with Crippen molar-refractivity contribution < 1.29 is 9.59 Å². The monoisotopic (exact) mass is 387 g/mol. The van der Waals surface area contributed by atoms with Crippen LogP contribution in [0.1, 0.15) is 44.0 Å². The van der Waals surface area contributed by atoms with E-state index in [2.05, 4.69) is 31.1 Å². The number of nitrogens with one attached hydrogen (secondary N) is 2. The average molecular weight is 388 g/mol. The van der Waals surface area contributed by atoms with Crippen LogP contribution in [0.25, 0.3) is 10.9 Å². The molecule has 1 atom stereocenters. The van der Waals surface area contributed by atoms with E-state index in [9.17, 15) is 9.59 Å². The summed E-state index contributed by atoms with van der Waals surface area (Å²) in [5.41, 5.74) is 1.50. The molecule has 1 aromatic heterocycles. The number of carbonyl (C=O) groups is 2. The van der Waals surface area contributed by atoms with Crippen LogP contribution in [0.15, 0.2) is 30.5 Å². The first-order valence-electron chi connectivity index (χ1n) is 9.72. The Morgan fingerprint density at radius 1 is 1.26 bits per heavy atom. The molecule has 146 valence electrons. The number of fused-ring (bicyclic) bond motifs is 1. The fourth-order valence-corrected chi connectivity index (χ4v) is 4.15. The van der Waals surface area contributed by atoms with Crippen molar-refractivity contribution in [2.45, 2.75) is 44.9 Å². The first-order chi connectivity index (χ1) is 12.9. The summed E-state index contributed by atoms with van der Waals surface area (Å²) in [5.74, 6) is 1.11. The smallest absolute Gasteiger partial charge is 0.252 e. The predicted molar refractivity (Wildman–Crippen MR) is 112 cm³/mol. The van der Waals surface area contributed by atoms with Gasteiger partial charge in [-0.15, -0.1) is 0 Å². The first kappa shape index (κ1) is 19.8. The van der Waals surface area contributed by atoms with Crippen LogP contribution in [0.3, 0.4) is 0 Å². The Bertz CT molecular complexity index is 794. The van der Waals surface area contributed by atoms with Crippen LogP contribution in [0.5, 0.6) is 0 Å². The molecule has 2 N–H and O–H groups in total. The largest absolute Gasteiger partial charge is 0.361 e. The van der Waals surface area contributed by atoms with Crippen LogP contribution in [0.4, 0.5) is 0 Å².